The summed E-state index contributed by atoms with van der Waals surface area (Å²) in [4.78, 5) is 0. The number of thiol groups is 1. The summed E-state index contributed by atoms with van der Waals surface area (Å²) in [6, 6.07) is 8.42. The molecule has 1 aliphatic rings. The predicted octanol–water partition coefficient (Wildman–Crippen LogP) is 1.86. The smallest absolute Gasteiger partial charge is 0.177 e. The predicted molar refractivity (Wildman–Crippen MR) is 85.3 cm³/mol. The monoisotopic (exact) mass is 302 g/mol. The lowest BCUT2D eigenvalue weighted by Gasteiger charge is -2.22. The van der Waals surface area contributed by atoms with E-state index in [4.69, 9.17) is 0 Å². The van der Waals surface area contributed by atoms with Crippen LogP contribution < -0.4 is 11.1 Å². The summed E-state index contributed by atoms with van der Waals surface area (Å²) in [5, 5.41) is 11.4. The van der Waals surface area contributed by atoms with Gasteiger partial charge in [-0.2, -0.15) is 5.10 Å². The minimum atomic E-state index is 0.259. The maximum absolute atomic E-state index is 4.62. The summed E-state index contributed by atoms with van der Waals surface area (Å²) < 4.78 is 1.80. The van der Waals surface area contributed by atoms with Crippen LogP contribution in [0.2, 0.25) is 0 Å². The maximum Gasteiger partial charge on any atom is 0.177 e. The van der Waals surface area contributed by atoms with E-state index in [-0.39, 0.29) is 6.04 Å². The topological polar surface area (TPSA) is 57.5 Å². The normalized spacial score (nSPS) is 14.5. The minimum absolute atomic E-state index is 0.259. The summed E-state index contributed by atoms with van der Waals surface area (Å²) in [6.45, 7) is 6.22. The van der Waals surface area contributed by atoms with Gasteiger partial charge in [-0.15, -0.1) is 23.3 Å². The molecule has 7 heteroatoms. The van der Waals surface area contributed by atoms with Gasteiger partial charge in [0.1, 0.15) is 5.03 Å². The van der Waals surface area contributed by atoms with Gasteiger partial charge in [0.2, 0.25) is 0 Å². The summed E-state index contributed by atoms with van der Waals surface area (Å²) in [6.07, 6.45) is 1.78. The van der Waals surface area contributed by atoms with Crippen molar-refractivity contribution in [2.45, 2.75) is 31.8 Å². The first kappa shape index (κ1) is 14.0. The van der Waals surface area contributed by atoms with Crippen molar-refractivity contribution in [1.82, 2.24) is 25.9 Å². The third-order valence-electron chi connectivity index (χ3n) is 3.34. The van der Waals surface area contributed by atoms with Gasteiger partial charge < -0.3 is 0 Å². The molecular weight excluding hydrogens is 284 g/mol. The standard InChI is InChI=1S/C14H18N6S/c1-9(2)19-13(16-17-18-19)12-8-15-20(14(12)21)11-6-4-10(3)5-7-11/h4-9,17-18,21H,1-3H3. The number of hydrogen-bond acceptors (Lipinski definition) is 6. The average Bonchev–Trinajstić information content (AvgIpc) is 3.06. The fraction of sp³-hybridized carbons (Fsp3) is 0.286. The number of nitrogens with one attached hydrogen (secondary N) is 2. The second kappa shape index (κ2) is 5.42. The van der Waals surface area contributed by atoms with Gasteiger partial charge in [0.15, 0.2) is 5.84 Å². The number of hydrazone groups is 1. The molecular formula is C14H18N6S. The van der Waals surface area contributed by atoms with Crippen molar-refractivity contribution in [2.75, 3.05) is 0 Å². The van der Waals surface area contributed by atoms with Crippen LogP contribution >= 0.6 is 12.6 Å². The van der Waals surface area contributed by atoms with Crippen LogP contribution in [0.15, 0.2) is 40.6 Å². The molecule has 0 atom stereocenters. The highest BCUT2D eigenvalue weighted by Gasteiger charge is 2.25. The summed E-state index contributed by atoms with van der Waals surface area (Å²) in [5.41, 5.74) is 8.85. The first-order chi connectivity index (χ1) is 10.1. The molecule has 0 saturated heterocycles. The van der Waals surface area contributed by atoms with E-state index in [2.05, 4.69) is 66.8 Å². The SMILES string of the molecule is Cc1ccc(-n2ncc(C3=NNNN3C(C)C)c2S)cc1. The molecule has 0 aliphatic carbocycles. The van der Waals surface area contributed by atoms with Crippen LogP contribution in [-0.4, -0.2) is 26.7 Å². The minimum Gasteiger partial charge on any atom is -0.268 e. The summed E-state index contributed by atoms with van der Waals surface area (Å²) >= 11 is 4.62. The van der Waals surface area contributed by atoms with E-state index in [1.165, 1.54) is 5.56 Å². The van der Waals surface area contributed by atoms with Crippen LogP contribution in [0.1, 0.15) is 25.0 Å². The molecule has 0 unspecified atom stereocenters. The molecule has 0 fully saturated rings. The molecule has 6 nitrogen and oxygen atoms in total. The van der Waals surface area contributed by atoms with Crippen LogP contribution in [-0.2, 0) is 0 Å². The largest absolute Gasteiger partial charge is 0.268 e. The Morgan fingerprint density at radius 1 is 1.19 bits per heavy atom. The fourth-order valence-electron chi connectivity index (χ4n) is 2.18. The Morgan fingerprint density at radius 2 is 1.90 bits per heavy atom. The number of aromatic nitrogens is 2. The van der Waals surface area contributed by atoms with Gasteiger partial charge in [0, 0.05) is 6.04 Å². The van der Waals surface area contributed by atoms with E-state index in [0.717, 1.165) is 22.1 Å². The zero-order valence-electron chi connectivity index (χ0n) is 12.2. The number of amidine groups is 1. The molecule has 0 bridgehead atoms. The van der Waals surface area contributed by atoms with Gasteiger partial charge in [-0.1, -0.05) is 17.7 Å². The molecule has 21 heavy (non-hydrogen) atoms. The molecule has 2 heterocycles. The summed E-state index contributed by atoms with van der Waals surface area (Å²) in [7, 11) is 0. The van der Waals surface area contributed by atoms with Crippen molar-refractivity contribution in [1.29, 1.82) is 0 Å². The molecule has 1 aromatic carbocycles. The van der Waals surface area contributed by atoms with Crippen LogP contribution in [0.25, 0.3) is 5.69 Å². The van der Waals surface area contributed by atoms with E-state index in [9.17, 15) is 0 Å². The van der Waals surface area contributed by atoms with Crippen LogP contribution in [0.5, 0.6) is 0 Å². The van der Waals surface area contributed by atoms with Crippen LogP contribution in [0.4, 0.5) is 0 Å². The summed E-state index contributed by atoms with van der Waals surface area (Å²) in [5.74, 6) is 0.786. The Labute approximate surface area is 129 Å². The number of hydrogen-bond donors (Lipinski definition) is 3. The highest BCUT2D eigenvalue weighted by atomic mass is 32.1. The third kappa shape index (κ3) is 2.50. The Bertz CT molecular complexity index is 673. The highest BCUT2D eigenvalue weighted by molar-refractivity contribution is 7.80. The molecule has 1 aromatic heterocycles. The zero-order chi connectivity index (χ0) is 15.0. The van der Waals surface area contributed by atoms with Crippen molar-refractivity contribution in [3.8, 4) is 5.69 Å². The second-order valence-corrected chi connectivity index (χ2v) is 5.68. The lowest BCUT2D eigenvalue weighted by atomic mass is 10.2. The molecule has 0 radical (unpaired) electrons. The molecule has 0 saturated carbocycles. The molecule has 0 spiro atoms. The number of hydrazine groups is 2. The third-order valence-corrected chi connectivity index (χ3v) is 3.77. The van der Waals surface area contributed by atoms with E-state index in [0.29, 0.717) is 0 Å². The average molecular weight is 302 g/mol. The Morgan fingerprint density at radius 3 is 2.57 bits per heavy atom. The van der Waals surface area contributed by atoms with Crippen molar-refractivity contribution in [2.24, 2.45) is 5.10 Å². The van der Waals surface area contributed by atoms with Gasteiger partial charge in [-0.25, -0.2) is 10.2 Å². The molecule has 2 N–H and O–H groups in total. The molecule has 110 valence electrons. The van der Waals surface area contributed by atoms with E-state index in [1.54, 1.807) is 10.9 Å². The Kier molecular flexibility index (Phi) is 3.60. The van der Waals surface area contributed by atoms with Gasteiger partial charge >= 0.3 is 0 Å². The van der Waals surface area contributed by atoms with Crippen LogP contribution in [0, 0.1) is 6.92 Å². The quantitative estimate of drug-likeness (QED) is 0.758. The Hall–Kier alpha value is -1.99. The van der Waals surface area contributed by atoms with E-state index in [1.807, 2.05) is 17.1 Å². The fourth-order valence-corrected chi connectivity index (χ4v) is 2.50. The zero-order valence-corrected chi connectivity index (χ0v) is 13.1. The van der Waals surface area contributed by atoms with E-state index < -0.39 is 0 Å². The number of aryl methyl sites for hydroxylation is 1. The molecule has 0 amide bonds. The molecule has 1 aliphatic heterocycles. The van der Waals surface area contributed by atoms with Crippen LogP contribution in [0.3, 0.4) is 0 Å². The van der Waals surface area contributed by atoms with Gasteiger partial charge in [0.25, 0.3) is 0 Å². The van der Waals surface area contributed by atoms with Crippen molar-refractivity contribution < 1.29 is 0 Å². The van der Waals surface area contributed by atoms with Crippen molar-refractivity contribution in [3.05, 3.63) is 41.6 Å². The van der Waals surface area contributed by atoms with Crippen molar-refractivity contribution >= 4 is 18.5 Å². The first-order valence-corrected chi connectivity index (χ1v) is 7.24. The van der Waals surface area contributed by atoms with Gasteiger partial charge in [0.05, 0.1) is 17.4 Å². The lowest BCUT2D eigenvalue weighted by molar-refractivity contribution is 0.246. The molecule has 3 rings (SSSR count). The number of nitrogens with zero attached hydrogens (tertiary/aromatic N) is 4. The highest BCUT2D eigenvalue weighted by Crippen LogP contribution is 2.21. The number of benzene rings is 1. The lowest BCUT2D eigenvalue weighted by Crippen LogP contribution is -2.45. The van der Waals surface area contributed by atoms with Gasteiger partial charge in [-0.05, 0) is 32.9 Å². The Balaban J connectivity index is 1.98. The van der Waals surface area contributed by atoms with E-state index >= 15 is 0 Å². The van der Waals surface area contributed by atoms with Crippen molar-refractivity contribution in [3.63, 3.8) is 0 Å². The first-order valence-electron chi connectivity index (χ1n) is 6.80. The van der Waals surface area contributed by atoms with Gasteiger partial charge in [-0.3, -0.25) is 5.01 Å². The molecule has 2 aromatic rings. The second-order valence-electron chi connectivity index (χ2n) is 5.25. The number of rotatable bonds is 3. The maximum atomic E-state index is 4.62.